The molecule has 1 saturated heterocycles. The largest absolute Gasteiger partial charge is 0.474 e. The smallest absolute Gasteiger partial charge is 0.311 e. The predicted molar refractivity (Wildman–Crippen MR) is 84.7 cm³/mol. The van der Waals surface area contributed by atoms with Crippen LogP contribution in [-0.2, 0) is 32.1 Å². The van der Waals surface area contributed by atoms with Crippen molar-refractivity contribution in [1.82, 2.24) is 9.97 Å². The highest BCUT2D eigenvalue weighted by Gasteiger charge is 2.41. The number of nitrogens with zero attached hydrogens (tertiary/aromatic N) is 2. The third-order valence-corrected chi connectivity index (χ3v) is 4.35. The second-order valence-corrected chi connectivity index (χ2v) is 6.15. The van der Waals surface area contributed by atoms with Crippen LogP contribution in [0.4, 0.5) is 4.39 Å². The first-order valence-corrected chi connectivity index (χ1v) is 8.65. The Kier molecular flexibility index (Phi) is 5.80. The molecule has 0 atom stereocenters. The lowest BCUT2D eigenvalue weighted by Gasteiger charge is -2.35. The van der Waals surface area contributed by atoms with E-state index in [4.69, 9.17) is 18.9 Å². The van der Waals surface area contributed by atoms with Crippen LogP contribution < -0.4 is 4.74 Å². The molecule has 2 heterocycles. The third-order valence-electron chi connectivity index (χ3n) is 4.35. The van der Waals surface area contributed by atoms with Crippen LogP contribution in [-0.4, -0.2) is 47.6 Å². The van der Waals surface area contributed by atoms with Gasteiger partial charge in [-0.05, 0) is 19.8 Å². The zero-order valence-electron chi connectivity index (χ0n) is 14.3. The fourth-order valence-corrected chi connectivity index (χ4v) is 3.20. The van der Waals surface area contributed by atoms with E-state index in [2.05, 4.69) is 9.97 Å². The second-order valence-electron chi connectivity index (χ2n) is 6.15. The lowest BCUT2D eigenvalue weighted by molar-refractivity contribution is -0.186. The first-order chi connectivity index (χ1) is 12.1. The molecule has 25 heavy (non-hydrogen) atoms. The minimum atomic E-state index is -0.817. The molecule has 1 saturated carbocycles. The first-order valence-electron chi connectivity index (χ1n) is 8.65. The number of carbonyl (C=O) groups is 1. The van der Waals surface area contributed by atoms with Gasteiger partial charge in [-0.25, -0.2) is 9.37 Å². The number of hydrogen-bond donors (Lipinski definition) is 0. The van der Waals surface area contributed by atoms with Gasteiger partial charge in [-0.15, -0.1) is 0 Å². The molecule has 1 spiro atoms. The van der Waals surface area contributed by atoms with E-state index >= 15 is 0 Å². The molecule has 8 heteroatoms. The fourth-order valence-electron chi connectivity index (χ4n) is 3.20. The van der Waals surface area contributed by atoms with Gasteiger partial charge in [-0.3, -0.25) is 4.79 Å². The topological polar surface area (TPSA) is 79.8 Å². The molecule has 0 radical (unpaired) electrons. The number of aromatic nitrogens is 2. The minimum absolute atomic E-state index is 0.00605. The number of alkyl halides is 1. The van der Waals surface area contributed by atoms with Gasteiger partial charge in [0.05, 0.1) is 31.9 Å². The zero-order valence-corrected chi connectivity index (χ0v) is 14.3. The van der Waals surface area contributed by atoms with Gasteiger partial charge in [0, 0.05) is 18.9 Å². The summed E-state index contributed by atoms with van der Waals surface area (Å²) in [6, 6.07) is 1.57. The second kappa shape index (κ2) is 8.05. The summed E-state index contributed by atoms with van der Waals surface area (Å²) >= 11 is 0. The van der Waals surface area contributed by atoms with E-state index in [1.807, 2.05) is 0 Å². The van der Waals surface area contributed by atoms with Gasteiger partial charge in [0.15, 0.2) is 11.6 Å². The first kappa shape index (κ1) is 18.0. The number of ether oxygens (including phenoxy) is 4. The van der Waals surface area contributed by atoms with E-state index in [0.29, 0.717) is 18.9 Å². The molecule has 1 aromatic heterocycles. The molecule has 1 aliphatic carbocycles. The van der Waals surface area contributed by atoms with Gasteiger partial charge in [0.1, 0.15) is 12.8 Å². The molecule has 1 aliphatic heterocycles. The monoisotopic (exact) mass is 354 g/mol. The lowest BCUT2D eigenvalue weighted by atomic mass is 9.92. The van der Waals surface area contributed by atoms with E-state index in [1.165, 1.54) is 0 Å². The van der Waals surface area contributed by atoms with Crippen LogP contribution >= 0.6 is 0 Å². The van der Waals surface area contributed by atoms with Crippen LogP contribution in [0.1, 0.15) is 44.1 Å². The Morgan fingerprint density at radius 2 is 2.04 bits per heavy atom. The summed E-state index contributed by atoms with van der Waals surface area (Å²) in [5, 5.41) is 0. The number of carbonyl (C=O) groups excluding carboxylic acids is 1. The molecule has 0 amide bonds. The summed E-state index contributed by atoms with van der Waals surface area (Å²) < 4.78 is 35.2. The number of rotatable bonds is 6. The maximum Gasteiger partial charge on any atom is 0.311 e. The summed E-state index contributed by atoms with van der Waals surface area (Å²) in [7, 11) is 0. The fraction of sp³-hybridized carbons (Fsp3) is 0.706. The molecule has 0 bridgehead atoms. The van der Waals surface area contributed by atoms with Gasteiger partial charge in [0.2, 0.25) is 5.88 Å². The third kappa shape index (κ3) is 4.64. The standard InChI is InChI=1S/C17H23FN2O5/c1-2-22-16(21)10-12-9-15(20-14(11-18)19-12)25-13-3-5-17(6-4-13)23-7-8-24-17/h9,13H,2-8,10-11H2,1H3. The Bertz CT molecular complexity index is 597. The molecule has 2 fully saturated rings. The number of esters is 1. The van der Waals surface area contributed by atoms with Crippen molar-refractivity contribution in [2.45, 2.75) is 57.6 Å². The highest BCUT2D eigenvalue weighted by Crippen LogP contribution is 2.36. The van der Waals surface area contributed by atoms with Crippen molar-refractivity contribution >= 4 is 5.97 Å². The Morgan fingerprint density at radius 3 is 2.68 bits per heavy atom. The highest BCUT2D eigenvalue weighted by atomic mass is 19.1. The molecule has 0 N–H and O–H groups in total. The van der Waals surface area contributed by atoms with Crippen LogP contribution in [0.2, 0.25) is 0 Å². The van der Waals surface area contributed by atoms with Crippen molar-refractivity contribution in [3.8, 4) is 5.88 Å². The maximum absolute atomic E-state index is 13.0. The summed E-state index contributed by atoms with van der Waals surface area (Å²) in [5.41, 5.74) is 0.394. The quantitative estimate of drug-likeness (QED) is 0.724. The van der Waals surface area contributed by atoms with E-state index in [-0.39, 0.29) is 30.8 Å². The maximum atomic E-state index is 13.0. The van der Waals surface area contributed by atoms with Crippen LogP contribution in [0.25, 0.3) is 0 Å². The van der Waals surface area contributed by atoms with Gasteiger partial charge in [-0.2, -0.15) is 4.98 Å². The van der Waals surface area contributed by atoms with E-state index < -0.39 is 18.4 Å². The SMILES string of the molecule is CCOC(=O)Cc1cc(OC2CCC3(CC2)OCCO3)nc(CF)n1. The van der Waals surface area contributed by atoms with Crippen molar-refractivity contribution in [2.75, 3.05) is 19.8 Å². The Balaban J connectivity index is 1.62. The Morgan fingerprint density at radius 1 is 1.32 bits per heavy atom. The number of hydrogen-bond acceptors (Lipinski definition) is 7. The average molecular weight is 354 g/mol. The number of halogens is 1. The van der Waals surface area contributed by atoms with Crippen LogP contribution in [0.15, 0.2) is 6.07 Å². The molecule has 0 unspecified atom stereocenters. The summed E-state index contributed by atoms with van der Waals surface area (Å²) in [6.45, 7) is 2.47. The van der Waals surface area contributed by atoms with E-state index in [1.54, 1.807) is 13.0 Å². The zero-order chi connectivity index (χ0) is 17.7. The molecule has 0 aromatic carbocycles. The summed E-state index contributed by atoms with van der Waals surface area (Å²) in [4.78, 5) is 19.7. The van der Waals surface area contributed by atoms with Crippen molar-refractivity contribution in [2.24, 2.45) is 0 Å². The summed E-state index contributed by atoms with van der Waals surface area (Å²) in [6.07, 6.45) is 2.97. The van der Waals surface area contributed by atoms with Gasteiger partial charge < -0.3 is 18.9 Å². The van der Waals surface area contributed by atoms with Crippen molar-refractivity contribution in [3.05, 3.63) is 17.6 Å². The molecule has 138 valence electrons. The molecular formula is C17H23FN2O5. The van der Waals surface area contributed by atoms with Crippen molar-refractivity contribution < 1.29 is 28.1 Å². The summed E-state index contributed by atoms with van der Waals surface area (Å²) in [5.74, 6) is -0.570. The molecule has 3 rings (SSSR count). The highest BCUT2D eigenvalue weighted by molar-refractivity contribution is 5.72. The van der Waals surface area contributed by atoms with Crippen molar-refractivity contribution in [1.29, 1.82) is 0 Å². The normalized spacial score (nSPS) is 19.9. The van der Waals surface area contributed by atoms with E-state index in [0.717, 1.165) is 25.7 Å². The molecular weight excluding hydrogens is 331 g/mol. The van der Waals surface area contributed by atoms with Gasteiger partial charge >= 0.3 is 5.97 Å². The molecule has 1 aromatic rings. The predicted octanol–water partition coefficient (Wildman–Crippen LogP) is 2.12. The molecule has 2 aliphatic rings. The van der Waals surface area contributed by atoms with Crippen LogP contribution in [0.5, 0.6) is 5.88 Å². The van der Waals surface area contributed by atoms with Gasteiger partial charge in [-0.1, -0.05) is 0 Å². The van der Waals surface area contributed by atoms with Crippen LogP contribution in [0, 0.1) is 0 Å². The lowest BCUT2D eigenvalue weighted by Crippen LogP contribution is -2.38. The van der Waals surface area contributed by atoms with E-state index in [9.17, 15) is 9.18 Å². The van der Waals surface area contributed by atoms with Crippen LogP contribution in [0.3, 0.4) is 0 Å². The molecule has 7 nitrogen and oxygen atoms in total. The average Bonchev–Trinajstić information content (AvgIpc) is 3.05. The minimum Gasteiger partial charge on any atom is -0.474 e. The van der Waals surface area contributed by atoms with Crippen molar-refractivity contribution in [3.63, 3.8) is 0 Å². The Labute approximate surface area is 145 Å². The van der Waals surface area contributed by atoms with Gasteiger partial charge in [0.25, 0.3) is 0 Å². The Hall–Kier alpha value is -1.80.